The van der Waals surface area contributed by atoms with Crippen molar-refractivity contribution < 1.29 is 9.53 Å². The first kappa shape index (κ1) is 21.1. The van der Waals surface area contributed by atoms with Crippen molar-refractivity contribution in [1.29, 1.82) is 0 Å². The van der Waals surface area contributed by atoms with Crippen molar-refractivity contribution in [3.05, 3.63) is 47.2 Å². The highest BCUT2D eigenvalue weighted by molar-refractivity contribution is 7.98. The monoisotopic (exact) mass is 426 g/mol. The van der Waals surface area contributed by atoms with Gasteiger partial charge in [-0.2, -0.15) is 0 Å². The van der Waals surface area contributed by atoms with Crippen molar-refractivity contribution >= 4 is 23.5 Å². The van der Waals surface area contributed by atoms with Gasteiger partial charge in [0.05, 0.1) is 13.2 Å². The molecule has 1 aromatic heterocycles. The van der Waals surface area contributed by atoms with E-state index in [1.807, 2.05) is 29.2 Å². The average molecular weight is 427 g/mol. The molecule has 160 valence electrons. The summed E-state index contributed by atoms with van der Waals surface area (Å²) in [4.78, 5) is 26.3. The lowest BCUT2D eigenvalue weighted by Crippen LogP contribution is -2.37. The summed E-state index contributed by atoms with van der Waals surface area (Å²) in [5.74, 6) is 2.27. The Kier molecular flexibility index (Phi) is 6.89. The minimum atomic E-state index is 0.148. The van der Waals surface area contributed by atoms with Crippen LogP contribution in [0.3, 0.4) is 0 Å². The molecular formula is C23H30N4O2S. The Hall–Kier alpha value is -2.12. The fourth-order valence-electron chi connectivity index (χ4n) is 3.74. The number of anilines is 1. The molecule has 0 radical (unpaired) electrons. The molecule has 3 heterocycles. The molecular weight excluding hydrogens is 396 g/mol. The Labute approximate surface area is 183 Å². The number of hydrogen-bond acceptors (Lipinski definition) is 6. The third-order valence-corrected chi connectivity index (χ3v) is 6.52. The van der Waals surface area contributed by atoms with Gasteiger partial charge in [-0.15, -0.1) is 0 Å². The third kappa shape index (κ3) is 5.13. The predicted molar refractivity (Wildman–Crippen MR) is 120 cm³/mol. The lowest BCUT2D eigenvalue weighted by molar-refractivity contribution is 0.0793. The highest BCUT2D eigenvalue weighted by Crippen LogP contribution is 2.26. The van der Waals surface area contributed by atoms with E-state index < -0.39 is 0 Å². The van der Waals surface area contributed by atoms with Crippen LogP contribution in [0.25, 0.3) is 0 Å². The molecule has 2 aliphatic heterocycles. The summed E-state index contributed by atoms with van der Waals surface area (Å²) in [5, 5.41) is 0.805. The Morgan fingerprint density at radius 3 is 2.43 bits per heavy atom. The molecule has 30 heavy (non-hydrogen) atoms. The molecule has 0 spiro atoms. The van der Waals surface area contributed by atoms with E-state index in [1.165, 1.54) is 5.56 Å². The first-order chi connectivity index (χ1) is 14.6. The van der Waals surface area contributed by atoms with Gasteiger partial charge in [-0.25, -0.2) is 9.97 Å². The van der Waals surface area contributed by atoms with E-state index in [2.05, 4.69) is 24.8 Å². The third-order valence-electron chi connectivity index (χ3n) is 5.60. The molecule has 0 saturated carbocycles. The summed E-state index contributed by atoms with van der Waals surface area (Å²) in [6.45, 7) is 9.30. The van der Waals surface area contributed by atoms with Crippen LogP contribution in [-0.2, 0) is 10.5 Å². The SMILES string of the molecule is CC(C)c1cc(N2CCOCC2)nc(SCc2ccc(C(=O)N3CCCC3)cc2)n1. The molecule has 0 atom stereocenters. The second kappa shape index (κ2) is 9.79. The van der Waals surface area contributed by atoms with Crippen LogP contribution in [-0.4, -0.2) is 60.2 Å². The molecule has 0 bridgehead atoms. The predicted octanol–water partition coefficient (Wildman–Crippen LogP) is 3.96. The van der Waals surface area contributed by atoms with Crippen molar-refractivity contribution in [2.75, 3.05) is 44.3 Å². The van der Waals surface area contributed by atoms with Crippen LogP contribution in [0, 0.1) is 0 Å². The normalized spacial score (nSPS) is 17.0. The summed E-state index contributed by atoms with van der Waals surface area (Å²) in [5.41, 5.74) is 3.02. The van der Waals surface area contributed by atoms with Crippen LogP contribution < -0.4 is 4.90 Å². The number of nitrogens with zero attached hydrogens (tertiary/aromatic N) is 4. The number of rotatable bonds is 6. The molecule has 2 fully saturated rings. The Bertz CT molecular complexity index is 860. The molecule has 0 N–H and O–H groups in total. The molecule has 2 aliphatic rings. The smallest absolute Gasteiger partial charge is 0.253 e. The molecule has 6 nitrogen and oxygen atoms in total. The van der Waals surface area contributed by atoms with Crippen LogP contribution >= 0.6 is 11.8 Å². The number of likely N-dealkylation sites (tertiary alicyclic amines) is 1. The maximum atomic E-state index is 12.5. The summed E-state index contributed by atoms with van der Waals surface area (Å²) >= 11 is 1.65. The minimum Gasteiger partial charge on any atom is -0.378 e. The van der Waals surface area contributed by atoms with Gasteiger partial charge in [-0.3, -0.25) is 4.79 Å². The van der Waals surface area contributed by atoms with Crippen LogP contribution in [0.4, 0.5) is 5.82 Å². The van der Waals surface area contributed by atoms with Crippen LogP contribution in [0.15, 0.2) is 35.5 Å². The molecule has 1 amide bonds. The number of benzene rings is 1. The van der Waals surface area contributed by atoms with Crippen molar-refractivity contribution in [1.82, 2.24) is 14.9 Å². The van der Waals surface area contributed by atoms with Crippen LogP contribution in [0.1, 0.15) is 54.2 Å². The van der Waals surface area contributed by atoms with Gasteiger partial charge >= 0.3 is 0 Å². The number of thioether (sulfide) groups is 1. The number of carbonyl (C=O) groups excluding carboxylic acids is 1. The van der Waals surface area contributed by atoms with E-state index in [0.717, 1.165) is 80.2 Å². The van der Waals surface area contributed by atoms with Gasteiger partial charge in [-0.05, 0) is 36.5 Å². The molecule has 2 aromatic rings. The van der Waals surface area contributed by atoms with Crippen molar-refractivity contribution in [2.45, 2.75) is 43.5 Å². The van der Waals surface area contributed by atoms with Gasteiger partial charge in [0.15, 0.2) is 5.16 Å². The number of amides is 1. The maximum Gasteiger partial charge on any atom is 0.253 e. The number of morpholine rings is 1. The summed E-state index contributed by atoms with van der Waals surface area (Å²) < 4.78 is 5.48. The average Bonchev–Trinajstić information content (AvgIpc) is 3.33. The standard InChI is InChI=1S/C23H30N4O2S/c1-17(2)20-15-21(26-11-13-29-14-12-26)25-23(24-20)30-16-18-5-7-19(8-6-18)22(28)27-9-3-4-10-27/h5-8,15,17H,3-4,9-14,16H2,1-2H3. The quantitative estimate of drug-likeness (QED) is 0.515. The largest absolute Gasteiger partial charge is 0.378 e. The van der Waals surface area contributed by atoms with E-state index in [-0.39, 0.29) is 5.91 Å². The minimum absolute atomic E-state index is 0.148. The Morgan fingerprint density at radius 2 is 1.77 bits per heavy atom. The van der Waals surface area contributed by atoms with Crippen molar-refractivity contribution in [2.24, 2.45) is 0 Å². The molecule has 4 rings (SSSR count). The number of aromatic nitrogens is 2. The van der Waals surface area contributed by atoms with Gasteiger partial charge in [-0.1, -0.05) is 37.7 Å². The number of hydrogen-bond donors (Lipinski definition) is 0. The van der Waals surface area contributed by atoms with Crippen molar-refractivity contribution in [3.8, 4) is 0 Å². The zero-order valence-electron chi connectivity index (χ0n) is 17.8. The van der Waals surface area contributed by atoms with Crippen LogP contribution in [0.2, 0.25) is 0 Å². The molecule has 0 unspecified atom stereocenters. The van der Waals surface area contributed by atoms with Gasteiger partial charge in [0.1, 0.15) is 5.82 Å². The van der Waals surface area contributed by atoms with Crippen LogP contribution in [0.5, 0.6) is 0 Å². The van der Waals surface area contributed by atoms with Gasteiger partial charge in [0.2, 0.25) is 0 Å². The number of carbonyl (C=O) groups is 1. The van der Waals surface area contributed by atoms with E-state index in [0.29, 0.717) is 5.92 Å². The molecule has 7 heteroatoms. The van der Waals surface area contributed by atoms with E-state index in [1.54, 1.807) is 11.8 Å². The van der Waals surface area contributed by atoms with Gasteiger partial charge in [0, 0.05) is 49.3 Å². The van der Waals surface area contributed by atoms with E-state index >= 15 is 0 Å². The molecule has 2 saturated heterocycles. The first-order valence-corrected chi connectivity index (χ1v) is 11.8. The topological polar surface area (TPSA) is 58.6 Å². The van der Waals surface area contributed by atoms with Gasteiger partial charge < -0.3 is 14.5 Å². The summed E-state index contributed by atoms with van der Waals surface area (Å²) in [7, 11) is 0. The maximum absolute atomic E-state index is 12.5. The zero-order chi connectivity index (χ0) is 20.9. The Morgan fingerprint density at radius 1 is 1.07 bits per heavy atom. The molecule has 1 aromatic carbocycles. The lowest BCUT2D eigenvalue weighted by Gasteiger charge is -2.28. The Balaban J connectivity index is 1.43. The van der Waals surface area contributed by atoms with E-state index in [9.17, 15) is 4.79 Å². The van der Waals surface area contributed by atoms with Crippen molar-refractivity contribution in [3.63, 3.8) is 0 Å². The fraction of sp³-hybridized carbons (Fsp3) is 0.522. The number of ether oxygens (including phenoxy) is 1. The highest BCUT2D eigenvalue weighted by Gasteiger charge is 2.19. The van der Waals surface area contributed by atoms with Gasteiger partial charge in [0.25, 0.3) is 5.91 Å². The lowest BCUT2D eigenvalue weighted by atomic mass is 10.1. The second-order valence-electron chi connectivity index (χ2n) is 8.17. The second-order valence-corrected chi connectivity index (χ2v) is 9.12. The molecule has 0 aliphatic carbocycles. The zero-order valence-corrected chi connectivity index (χ0v) is 18.7. The summed E-state index contributed by atoms with van der Waals surface area (Å²) in [6.07, 6.45) is 2.23. The summed E-state index contributed by atoms with van der Waals surface area (Å²) in [6, 6.07) is 10.1. The van der Waals surface area contributed by atoms with E-state index in [4.69, 9.17) is 14.7 Å². The highest BCUT2D eigenvalue weighted by atomic mass is 32.2. The fourth-order valence-corrected chi connectivity index (χ4v) is 4.56. The first-order valence-electron chi connectivity index (χ1n) is 10.8.